The van der Waals surface area contributed by atoms with E-state index in [1.807, 2.05) is 18.2 Å². The van der Waals surface area contributed by atoms with Crippen LogP contribution in [0.2, 0.25) is 0 Å². The third-order valence-corrected chi connectivity index (χ3v) is 1.87. The van der Waals surface area contributed by atoms with E-state index in [9.17, 15) is 0 Å². The quantitative estimate of drug-likeness (QED) is 0.609. The summed E-state index contributed by atoms with van der Waals surface area (Å²) < 4.78 is 6.12. The van der Waals surface area contributed by atoms with E-state index < -0.39 is 0 Å². The fourth-order valence-electron chi connectivity index (χ4n) is 0.685. The number of nitrogens with two attached hydrogens (primary N) is 1. The van der Waals surface area contributed by atoms with Crippen LogP contribution in [0.5, 0.6) is 5.75 Å². The molecule has 0 saturated heterocycles. The summed E-state index contributed by atoms with van der Waals surface area (Å²) in [6, 6.07) is 5.68. The summed E-state index contributed by atoms with van der Waals surface area (Å²) in [6.45, 7) is 0. The molecule has 0 fully saturated rings. The molecular formula is C7H8INO. The maximum absolute atomic E-state index is 5.57. The largest absolute Gasteiger partial charge is 0.495 e. The van der Waals surface area contributed by atoms with Crippen molar-refractivity contribution in [3.05, 3.63) is 21.8 Å². The molecule has 0 spiro atoms. The number of hydrogen-bond acceptors (Lipinski definition) is 2. The lowest BCUT2D eigenvalue weighted by molar-refractivity contribution is 0.416. The van der Waals surface area contributed by atoms with Gasteiger partial charge in [-0.3, -0.25) is 0 Å². The molecule has 0 aliphatic rings. The average Bonchev–Trinajstić information content (AvgIpc) is 1.94. The molecule has 0 aromatic heterocycles. The predicted molar refractivity (Wildman–Crippen MR) is 50.1 cm³/mol. The Morgan fingerprint density at radius 2 is 2.20 bits per heavy atom. The first-order valence-corrected chi connectivity index (χ1v) is 3.91. The average molecular weight is 249 g/mol. The van der Waals surface area contributed by atoms with Crippen LogP contribution in [-0.4, -0.2) is 7.11 Å². The number of benzene rings is 1. The van der Waals surface area contributed by atoms with Crippen molar-refractivity contribution in [1.29, 1.82) is 0 Å². The molecule has 1 aromatic carbocycles. The van der Waals surface area contributed by atoms with E-state index in [1.54, 1.807) is 7.11 Å². The number of ether oxygens (including phenoxy) is 1. The highest BCUT2D eigenvalue weighted by molar-refractivity contribution is 14.1. The van der Waals surface area contributed by atoms with Gasteiger partial charge >= 0.3 is 0 Å². The summed E-state index contributed by atoms with van der Waals surface area (Å²) in [7, 11) is 1.61. The van der Waals surface area contributed by atoms with Crippen LogP contribution >= 0.6 is 22.6 Å². The second-order valence-corrected chi connectivity index (χ2v) is 3.13. The summed E-state index contributed by atoms with van der Waals surface area (Å²) in [4.78, 5) is 0. The highest BCUT2D eigenvalue weighted by Crippen LogP contribution is 2.22. The third-order valence-electron chi connectivity index (χ3n) is 1.20. The molecule has 0 unspecified atom stereocenters. The van der Waals surface area contributed by atoms with Crippen molar-refractivity contribution < 1.29 is 4.74 Å². The van der Waals surface area contributed by atoms with Crippen LogP contribution in [0, 0.1) is 3.57 Å². The number of rotatable bonds is 1. The first-order valence-electron chi connectivity index (χ1n) is 2.83. The van der Waals surface area contributed by atoms with Crippen LogP contribution in [0.3, 0.4) is 0 Å². The first kappa shape index (κ1) is 7.65. The minimum atomic E-state index is 0.683. The number of halogens is 1. The van der Waals surface area contributed by atoms with E-state index in [4.69, 9.17) is 10.5 Å². The van der Waals surface area contributed by atoms with Crippen molar-refractivity contribution in [3.8, 4) is 5.75 Å². The standard InChI is InChI=1S/C7H8INO/c1-10-7-4-5(8)2-3-6(7)9/h2-4H,9H2,1H3. The lowest BCUT2D eigenvalue weighted by Gasteiger charge is -2.02. The summed E-state index contributed by atoms with van der Waals surface area (Å²) in [5, 5.41) is 0. The van der Waals surface area contributed by atoms with E-state index >= 15 is 0 Å². The molecule has 0 radical (unpaired) electrons. The Labute approximate surface area is 73.5 Å². The van der Waals surface area contributed by atoms with Crippen molar-refractivity contribution in [2.24, 2.45) is 0 Å². The second-order valence-electron chi connectivity index (χ2n) is 1.89. The Kier molecular flexibility index (Phi) is 2.37. The van der Waals surface area contributed by atoms with E-state index in [-0.39, 0.29) is 0 Å². The summed E-state index contributed by atoms with van der Waals surface area (Å²) in [5.74, 6) is 0.743. The molecule has 1 aromatic rings. The zero-order valence-electron chi connectivity index (χ0n) is 5.60. The van der Waals surface area contributed by atoms with Gasteiger partial charge in [-0.2, -0.15) is 0 Å². The molecule has 3 heteroatoms. The van der Waals surface area contributed by atoms with Gasteiger partial charge in [0.25, 0.3) is 0 Å². The minimum absolute atomic E-state index is 0.683. The maximum atomic E-state index is 5.57. The van der Waals surface area contributed by atoms with Gasteiger partial charge in [0.15, 0.2) is 0 Å². The highest BCUT2D eigenvalue weighted by Gasteiger charge is 1.96. The van der Waals surface area contributed by atoms with E-state index in [1.165, 1.54) is 0 Å². The zero-order chi connectivity index (χ0) is 7.56. The summed E-state index contributed by atoms with van der Waals surface area (Å²) in [5.41, 5.74) is 6.25. The lowest BCUT2D eigenvalue weighted by atomic mass is 10.3. The smallest absolute Gasteiger partial charge is 0.142 e. The third kappa shape index (κ3) is 1.53. The molecule has 0 saturated carbocycles. The molecule has 2 nitrogen and oxygen atoms in total. The van der Waals surface area contributed by atoms with Gasteiger partial charge in [0.05, 0.1) is 12.8 Å². The van der Waals surface area contributed by atoms with Gasteiger partial charge < -0.3 is 10.5 Å². The molecule has 2 N–H and O–H groups in total. The number of hydrogen-bond donors (Lipinski definition) is 1. The number of anilines is 1. The number of methoxy groups -OCH3 is 1. The van der Waals surface area contributed by atoms with Crippen LogP contribution in [0.4, 0.5) is 5.69 Å². The van der Waals surface area contributed by atoms with Crippen LogP contribution in [0.15, 0.2) is 18.2 Å². The molecule has 0 amide bonds. The molecular weight excluding hydrogens is 241 g/mol. The molecule has 10 heavy (non-hydrogen) atoms. The molecule has 0 atom stereocenters. The monoisotopic (exact) mass is 249 g/mol. The topological polar surface area (TPSA) is 35.2 Å². The summed E-state index contributed by atoms with van der Waals surface area (Å²) >= 11 is 2.21. The van der Waals surface area contributed by atoms with Gasteiger partial charge in [0.2, 0.25) is 0 Å². The fraction of sp³-hybridized carbons (Fsp3) is 0.143. The van der Waals surface area contributed by atoms with Gasteiger partial charge in [-0.15, -0.1) is 0 Å². The molecule has 54 valence electrons. The van der Waals surface area contributed by atoms with Gasteiger partial charge in [-0.05, 0) is 40.8 Å². The van der Waals surface area contributed by atoms with E-state index in [0.717, 1.165) is 9.32 Å². The highest BCUT2D eigenvalue weighted by atomic mass is 127. The Bertz CT molecular complexity index is 237. The van der Waals surface area contributed by atoms with Crippen molar-refractivity contribution >= 4 is 28.3 Å². The summed E-state index contributed by atoms with van der Waals surface area (Å²) in [6.07, 6.45) is 0. The Morgan fingerprint density at radius 1 is 1.50 bits per heavy atom. The molecule has 0 bridgehead atoms. The number of nitrogen functional groups attached to an aromatic ring is 1. The second kappa shape index (κ2) is 3.09. The Hall–Kier alpha value is -0.450. The molecule has 0 aliphatic carbocycles. The SMILES string of the molecule is COc1cc(I)ccc1N. The first-order chi connectivity index (χ1) is 4.74. The lowest BCUT2D eigenvalue weighted by Crippen LogP contribution is -1.91. The van der Waals surface area contributed by atoms with Gasteiger partial charge in [-0.25, -0.2) is 0 Å². The van der Waals surface area contributed by atoms with Crippen LogP contribution in [0.25, 0.3) is 0 Å². The Morgan fingerprint density at radius 3 is 2.70 bits per heavy atom. The van der Waals surface area contributed by atoms with Crippen molar-refractivity contribution in [1.82, 2.24) is 0 Å². The van der Waals surface area contributed by atoms with Crippen LogP contribution in [0.1, 0.15) is 0 Å². The minimum Gasteiger partial charge on any atom is -0.495 e. The van der Waals surface area contributed by atoms with E-state index in [0.29, 0.717) is 5.69 Å². The molecule has 0 aliphatic heterocycles. The van der Waals surface area contributed by atoms with Crippen molar-refractivity contribution in [3.63, 3.8) is 0 Å². The Balaban J connectivity index is 3.09. The molecule has 1 rings (SSSR count). The van der Waals surface area contributed by atoms with Crippen molar-refractivity contribution in [2.45, 2.75) is 0 Å². The van der Waals surface area contributed by atoms with Gasteiger partial charge in [0.1, 0.15) is 5.75 Å². The normalized spacial score (nSPS) is 9.40. The molecule has 0 heterocycles. The van der Waals surface area contributed by atoms with Crippen LogP contribution < -0.4 is 10.5 Å². The van der Waals surface area contributed by atoms with E-state index in [2.05, 4.69) is 22.6 Å². The fourth-order valence-corrected chi connectivity index (χ4v) is 1.15. The van der Waals surface area contributed by atoms with Gasteiger partial charge in [0, 0.05) is 3.57 Å². The maximum Gasteiger partial charge on any atom is 0.142 e. The van der Waals surface area contributed by atoms with Crippen molar-refractivity contribution in [2.75, 3.05) is 12.8 Å². The zero-order valence-corrected chi connectivity index (χ0v) is 7.75. The van der Waals surface area contributed by atoms with Gasteiger partial charge in [-0.1, -0.05) is 0 Å². The predicted octanol–water partition coefficient (Wildman–Crippen LogP) is 1.88. The van der Waals surface area contributed by atoms with Crippen LogP contribution in [-0.2, 0) is 0 Å².